The summed E-state index contributed by atoms with van der Waals surface area (Å²) in [5, 5.41) is 11.0. The second-order valence-corrected chi connectivity index (χ2v) is 5.32. The summed E-state index contributed by atoms with van der Waals surface area (Å²) in [6.45, 7) is 1.75. The summed E-state index contributed by atoms with van der Waals surface area (Å²) in [6.07, 6.45) is 0.901. The van der Waals surface area contributed by atoms with E-state index < -0.39 is 36.9 Å². The van der Waals surface area contributed by atoms with Crippen molar-refractivity contribution in [3.8, 4) is 0 Å². The van der Waals surface area contributed by atoms with Crippen LogP contribution in [0.25, 0.3) is 0 Å². The first-order chi connectivity index (χ1) is 9.93. The molecule has 0 aromatic rings. The van der Waals surface area contributed by atoms with E-state index in [-0.39, 0.29) is 6.10 Å². The molecule has 1 fully saturated rings. The van der Waals surface area contributed by atoms with Crippen LogP contribution in [0, 0.1) is 0 Å². The minimum atomic E-state index is -2.79. The van der Waals surface area contributed by atoms with Crippen molar-refractivity contribution in [1.29, 1.82) is 0 Å². The van der Waals surface area contributed by atoms with Crippen LogP contribution in [-0.2, 0) is 14.3 Å². The van der Waals surface area contributed by atoms with E-state index in [2.05, 4.69) is 5.32 Å². The van der Waals surface area contributed by atoms with Crippen molar-refractivity contribution in [1.82, 2.24) is 5.32 Å². The van der Waals surface area contributed by atoms with Crippen molar-refractivity contribution >= 4 is 11.9 Å². The lowest BCUT2D eigenvalue weighted by Gasteiger charge is -2.27. The molecule has 1 saturated carbocycles. The number of alkyl halides is 2. The van der Waals surface area contributed by atoms with Gasteiger partial charge in [-0.2, -0.15) is 0 Å². The fourth-order valence-electron chi connectivity index (χ4n) is 2.44. The molecular formula is C14H23F2NO4. The Labute approximate surface area is 123 Å². The van der Waals surface area contributed by atoms with Crippen LogP contribution >= 0.6 is 0 Å². The molecule has 2 N–H and O–H groups in total. The number of aliphatic carboxylic acids is 1. The van der Waals surface area contributed by atoms with Gasteiger partial charge in [-0.3, -0.25) is 4.79 Å². The van der Waals surface area contributed by atoms with Crippen LogP contribution in [0.3, 0.4) is 0 Å². The molecule has 0 heterocycles. The lowest BCUT2D eigenvalue weighted by atomic mass is 9.97. The first kappa shape index (κ1) is 17.8. The van der Waals surface area contributed by atoms with E-state index in [9.17, 15) is 18.4 Å². The van der Waals surface area contributed by atoms with Crippen LogP contribution < -0.4 is 5.32 Å². The quantitative estimate of drug-likeness (QED) is 0.721. The highest BCUT2D eigenvalue weighted by Gasteiger charge is 2.29. The summed E-state index contributed by atoms with van der Waals surface area (Å²) in [6, 6.07) is -1.58. The molecule has 0 aromatic heterocycles. The average molecular weight is 307 g/mol. The Bertz CT molecular complexity index is 346. The highest BCUT2D eigenvalue weighted by molar-refractivity contribution is 5.86. The molecule has 2 atom stereocenters. The average Bonchev–Trinajstić information content (AvgIpc) is 2.44. The van der Waals surface area contributed by atoms with E-state index in [0.717, 1.165) is 32.1 Å². The fourth-order valence-corrected chi connectivity index (χ4v) is 2.44. The van der Waals surface area contributed by atoms with Gasteiger partial charge in [-0.05, 0) is 19.3 Å². The molecule has 122 valence electrons. The van der Waals surface area contributed by atoms with Crippen LogP contribution in [0.15, 0.2) is 0 Å². The Morgan fingerprint density at radius 2 is 1.90 bits per heavy atom. The molecule has 7 heteroatoms. The molecule has 0 radical (unpaired) electrons. The molecule has 0 bridgehead atoms. The number of carboxylic acids is 1. The minimum absolute atomic E-state index is 0.00664. The van der Waals surface area contributed by atoms with Crippen LogP contribution in [0.1, 0.15) is 51.9 Å². The summed E-state index contributed by atoms with van der Waals surface area (Å²) in [4.78, 5) is 22.9. The largest absolute Gasteiger partial charge is 0.480 e. The van der Waals surface area contributed by atoms with E-state index in [1.165, 1.54) is 0 Å². The van der Waals surface area contributed by atoms with Gasteiger partial charge in [-0.1, -0.05) is 26.2 Å². The van der Waals surface area contributed by atoms with Gasteiger partial charge in [-0.15, -0.1) is 0 Å². The van der Waals surface area contributed by atoms with Gasteiger partial charge in [0.25, 0.3) is 0 Å². The standard InChI is InChI=1S/C14H23F2NO4/c1-2-11(21-9-6-4-3-5-7-9)13(18)17-10(14(19)20)8-12(15)16/h9-12H,2-8H2,1H3,(H,17,18)(H,19,20). The summed E-state index contributed by atoms with van der Waals surface area (Å²) in [5.74, 6) is -2.09. The van der Waals surface area contributed by atoms with Crippen LogP contribution in [0.4, 0.5) is 8.78 Å². The van der Waals surface area contributed by atoms with Gasteiger partial charge in [0.1, 0.15) is 12.1 Å². The summed E-state index contributed by atoms with van der Waals surface area (Å²) in [5.41, 5.74) is 0. The van der Waals surface area contributed by atoms with Crippen LogP contribution in [0.2, 0.25) is 0 Å². The molecule has 1 aliphatic carbocycles. The smallest absolute Gasteiger partial charge is 0.326 e. The van der Waals surface area contributed by atoms with Gasteiger partial charge in [0.15, 0.2) is 0 Å². The maximum Gasteiger partial charge on any atom is 0.326 e. The van der Waals surface area contributed by atoms with E-state index in [4.69, 9.17) is 9.84 Å². The van der Waals surface area contributed by atoms with Gasteiger partial charge in [-0.25, -0.2) is 13.6 Å². The summed E-state index contributed by atoms with van der Waals surface area (Å²) < 4.78 is 30.3. The Kier molecular flexibility index (Phi) is 7.56. The zero-order chi connectivity index (χ0) is 15.8. The minimum Gasteiger partial charge on any atom is -0.480 e. The zero-order valence-corrected chi connectivity index (χ0v) is 12.2. The number of carbonyl (C=O) groups excluding carboxylic acids is 1. The number of hydrogen-bond acceptors (Lipinski definition) is 3. The molecule has 1 rings (SSSR count). The number of amides is 1. The van der Waals surface area contributed by atoms with Crippen molar-refractivity contribution in [2.24, 2.45) is 0 Å². The Morgan fingerprint density at radius 3 is 2.38 bits per heavy atom. The summed E-state index contributed by atoms with van der Waals surface area (Å²) >= 11 is 0. The SMILES string of the molecule is CCC(OC1CCCCC1)C(=O)NC(CC(F)F)C(=O)O. The van der Waals surface area contributed by atoms with Crippen molar-refractivity contribution in [2.75, 3.05) is 0 Å². The third-order valence-electron chi connectivity index (χ3n) is 3.60. The molecule has 1 aliphatic rings. The van der Waals surface area contributed by atoms with E-state index in [0.29, 0.717) is 6.42 Å². The fraction of sp³-hybridized carbons (Fsp3) is 0.857. The molecule has 21 heavy (non-hydrogen) atoms. The van der Waals surface area contributed by atoms with Gasteiger partial charge < -0.3 is 15.2 Å². The van der Waals surface area contributed by atoms with Crippen molar-refractivity contribution < 1.29 is 28.2 Å². The molecular weight excluding hydrogens is 284 g/mol. The molecule has 0 aliphatic heterocycles. The maximum absolute atomic E-state index is 12.3. The first-order valence-corrected chi connectivity index (χ1v) is 7.40. The van der Waals surface area contributed by atoms with Crippen LogP contribution in [0.5, 0.6) is 0 Å². The number of nitrogens with one attached hydrogen (secondary N) is 1. The second-order valence-electron chi connectivity index (χ2n) is 5.32. The molecule has 2 unspecified atom stereocenters. The van der Waals surface area contributed by atoms with Crippen molar-refractivity contribution in [3.05, 3.63) is 0 Å². The van der Waals surface area contributed by atoms with Crippen molar-refractivity contribution in [2.45, 2.75) is 76.5 Å². The predicted octanol–water partition coefficient (Wildman–Crippen LogP) is 2.34. The van der Waals surface area contributed by atoms with E-state index >= 15 is 0 Å². The molecule has 0 aromatic carbocycles. The molecule has 1 amide bonds. The number of carbonyl (C=O) groups is 2. The van der Waals surface area contributed by atoms with Gasteiger partial charge >= 0.3 is 5.97 Å². The van der Waals surface area contributed by atoms with Gasteiger partial charge in [0.2, 0.25) is 12.3 Å². The highest BCUT2D eigenvalue weighted by atomic mass is 19.3. The number of carboxylic acid groups (broad SMARTS) is 1. The molecule has 0 spiro atoms. The lowest BCUT2D eigenvalue weighted by Crippen LogP contribution is -2.47. The zero-order valence-electron chi connectivity index (χ0n) is 12.2. The lowest BCUT2D eigenvalue weighted by molar-refractivity contribution is -0.147. The Balaban J connectivity index is 2.53. The highest BCUT2D eigenvalue weighted by Crippen LogP contribution is 2.22. The van der Waals surface area contributed by atoms with Crippen LogP contribution in [-0.4, -0.2) is 41.7 Å². The normalized spacial score (nSPS) is 19.2. The molecule has 0 saturated heterocycles. The van der Waals surface area contributed by atoms with E-state index in [1.807, 2.05) is 0 Å². The maximum atomic E-state index is 12.3. The Hall–Kier alpha value is -1.24. The first-order valence-electron chi connectivity index (χ1n) is 7.40. The Morgan fingerprint density at radius 1 is 1.29 bits per heavy atom. The topological polar surface area (TPSA) is 75.6 Å². The van der Waals surface area contributed by atoms with Gasteiger partial charge in [0, 0.05) is 6.42 Å². The monoisotopic (exact) mass is 307 g/mol. The third-order valence-corrected chi connectivity index (χ3v) is 3.60. The summed E-state index contributed by atoms with van der Waals surface area (Å²) in [7, 11) is 0. The third kappa shape index (κ3) is 6.37. The predicted molar refractivity (Wildman–Crippen MR) is 72.2 cm³/mol. The van der Waals surface area contributed by atoms with E-state index in [1.54, 1.807) is 6.92 Å². The number of rotatable bonds is 8. The second kappa shape index (κ2) is 8.92. The number of hydrogen-bond donors (Lipinski definition) is 2. The number of halogens is 2. The molecule has 5 nitrogen and oxygen atoms in total. The van der Waals surface area contributed by atoms with Gasteiger partial charge in [0.05, 0.1) is 6.10 Å². The van der Waals surface area contributed by atoms with Crippen molar-refractivity contribution in [3.63, 3.8) is 0 Å². The number of ether oxygens (including phenoxy) is 1.